The molecule has 39 heavy (non-hydrogen) atoms. The summed E-state index contributed by atoms with van der Waals surface area (Å²) in [5, 5.41) is 3.99. The average molecular weight is 560 g/mol. The predicted octanol–water partition coefficient (Wildman–Crippen LogP) is 6.60. The fourth-order valence-corrected chi connectivity index (χ4v) is 4.92. The van der Waals surface area contributed by atoms with Crippen molar-refractivity contribution in [3.63, 3.8) is 0 Å². The molecular weight excluding hydrogens is 537 g/mol. The van der Waals surface area contributed by atoms with E-state index in [-0.39, 0.29) is 36.6 Å². The molecule has 0 spiro atoms. The van der Waals surface area contributed by atoms with Gasteiger partial charge in [-0.3, -0.25) is 24.3 Å². The number of pyridine rings is 1. The van der Waals surface area contributed by atoms with Crippen LogP contribution < -0.4 is 10.1 Å². The Kier molecular flexibility index (Phi) is 7.37. The summed E-state index contributed by atoms with van der Waals surface area (Å²) in [4.78, 5) is 43.6. The first kappa shape index (κ1) is 26.4. The molecule has 0 bridgehead atoms. The van der Waals surface area contributed by atoms with Gasteiger partial charge in [0.1, 0.15) is 18.1 Å². The summed E-state index contributed by atoms with van der Waals surface area (Å²) >= 11 is 12.5. The number of aromatic nitrogens is 1. The van der Waals surface area contributed by atoms with Crippen LogP contribution in [0.2, 0.25) is 10.0 Å². The number of amides is 3. The largest absolute Gasteiger partial charge is 0.492 e. The van der Waals surface area contributed by atoms with Crippen molar-refractivity contribution in [2.75, 3.05) is 18.5 Å². The van der Waals surface area contributed by atoms with Crippen LogP contribution in [0.3, 0.4) is 0 Å². The Hall–Kier alpha value is -4.20. The number of fused-ring (bicyclic) bond motifs is 1. The number of anilines is 1. The summed E-state index contributed by atoms with van der Waals surface area (Å²) in [6.07, 6.45) is 1.55. The van der Waals surface area contributed by atoms with Crippen LogP contribution in [-0.4, -0.2) is 40.8 Å². The van der Waals surface area contributed by atoms with Gasteiger partial charge in [0.2, 0.25) is 0 Å². The Balaban J connectivity index is 1.25. The summed E-state index contributed by atoms with van der Waals surface area (Å²) in [7, 11) is 0. The van der Waals surface area contributed by atoms with E-state index in [1.807, 2.05) is 13.8 Å². The van der Waals surface area contributed by atoms with Gasteiger partial charge in [0.25, 0.3) is 17.7 Å². The quantitative estimate of drug-likeness (QED) is 0.258. The zero-order valence-corrected chi connectivity index (χ0v) is 22.6. The van der Waals surface area contributed by atoms with Crippen LogP contribution in [0.5, 0.6) is 5.75 Å². The van der Waals surface area contributed by atoms with Crippen molar-refractivity contribution in [1.82, 2.24) is 9.88 Å². The topological polar surface area (TPSA) is 88.6 Å². The minimum Gasteiger partial charge on any atom is -0.492 e. The Morgan fingerprint density at radius 1 is 0.897 bits per heavy atom. The zero-order valence-electron chi connectivity index (χ0n) is 21.1. The van der Waals surface area contributed by atoms with Crippen molar-refractivity contribution in [1.29, 1.82) is 0 Å². The standard InChI is InChI=1S/C30H23Cl2N3O4/c1-17-13-21(39-12-11-35-29(37)22-5-3-4-6-23(22)30(35)38)14-18(2)27(17)34-28(36)26-15-19(9-10-33-26)24-16-20(31)7-8-25(24)32/h3-10,13-16H,11-12H2,1-2H3,(H,34,36). The van der Waals surface area contributed by atoms with Crippen molar-refractivity contribution in [2.24, 2.45) is 0 Å². The first-order chi connectivity index (χ1) is 18.7. The second-order valence-electron chi connectivity index (χ2n) is 9.10. The van der Waals surface area contributed by atoms with E-state index in [1.54, 1.807) is 72.9 Å². The minimum absolute atomic E-state index is 0.127. The lowest BCUT2D eigenvalue weighted by atomic mass is 10.1. The molecule has 0 saturated carbocycles. The summed E-state index contributed by atoms with van der Waals surface area (Å²) in [5.74, 6) is -0.448. The van der Waals surface area contributed by atoms with Gasteiger partial charge in [-0.25, -0.2) is 0 Å². The fourth-order valence-electron chi connectivity index (χ4n) is 4.52. The average Bonchev–Trinajstić information content (AvgIpc) is 3.17. The molecule has 5 rings (SSSR count). The van der Waals surface area contributed by atoms with E-state index in [1.165, 1.54) is 4.90 Å². The van der Waals surface area contributed by atoms with E-state index in [0.717, 1.165) is 16.7 Å². The lowest BCUT2D eigenvalue weighted by molar-refractivity contribution is 0.0631. The first-order valence-corrected chi connectivity index (χ1v) is 12.9. The maximum atomic E-state index is 13.1. The lowest BCUT2D eigenvalue weighted by Gasteiger charge is -2.17. The molecule has 2 heterocycles. The second-order valence-corrected chi connectivity index (χ2v) is 9.94. The molecule has 7 nitrogen and oxygen atoms in total. The summed E-state index contributed by atoms with van der Waals surface area (Å²) in [6, 6.07) is 18.9. The first-order valence-electron chi connectivity index (χ1n) is 12.1. The van der Waals surface area contributed by atoms with Gasteiger partial charge >= 0.3 is 0 Å². The number of halogens is 2. The Bertz CT molecular complexity index is 1580. The van der Waals surface area contributed by atoms with Crippen molar-refractivity contribution in [3.8, 4) is 16.9 Å². The number of rotatable bonds is 7. The highest BCUT2D eigenvalue weighted by atomic mass is 35.5. The van der Waals surface area contributed by atoms with Gasteiger partial charge in [-0.05, 0) is 85.1 Å². The minimum atomic E-state index is -0.375. The number of carbonyl (C=O) groups is 3. The molecule has 0 aliphatic carbocycles. The molecule has 0 saturated heterocycles. The summed E-state index contributed by atoms with van der Waals surface area (Å²) in [5.41, 5.74) is 4.68. The van der Waals surface area contributed by atoms with Gasteiger partial charge in [0.05, 0.1) is 17.7 Å². The van der Waals surface area contributed by atoms with Crippen LogP contribution in [-0.2, 0) is 0 Å². The Labute approximate surface area is 235 Å². The molecule has 196 valence electrons. The molecule has 4 aromatic rings. The number of carbonyl (C=O) groups excluding carboxylic acids is 3. The molecule has 0 unspecified atom stereocenters. The Morgan fingerprint density at radius 2 is 1.56 bits per heavy atom. The number of ether oxygens (including phenoxy) is 1. The second kappa shape index (κ2) is 10.9. The molecular formula is C30H23Cl2N3O4. The highest BCUT2D eigenvalue weighted by Crippen LogP contribution is 2.31. The zero-order chi connectivity index (χ0) is 27.7. The highest BCUT2D eigenvalue weighted by Gasteiger charge is 2.34. The van der Waals surface area contributed by atoms with Crippen LogP contribution in [0.25, 0.3) is 11.1 Å². The van der Waals surface area contributed by atoms with E-state index < -0.39 is 0 Å². The van der Waals surface area contributed by atoms with E-state index in [2.05, 4.69) is 10.3 Å². The van der Waals surface area contributed by atoms with Crippen molar-refractivity contribution in [3.05, 3.63) is 111 Å². The van der Waals surface area contributed by atoms with Crippen LogP contribution in [0.4, 0.5) is 5.69 Å². The third-order valence-electron chi connectivity index (χ3n) is 6.44. The number of hydrogen-bond acceptors (Lipinski definition) is 5. The third kappa shape index (κ3) is 5.37. The smallest absolute Gasteiger partial charge is 0.274 e. The van der Waals surface area contributed by atoms with Gasteiger partial charge in [0, 0.05) is 27.5 Å². The van der Waals surface area contributed by atoms with E-state index in [4.69, 9.17) is 27.9 Å². The van der Waals surface area contributed by atoms with Gasteiger partial charge in [0.15, 0.2) is 0 Å². The van der Waals surface area contributed by atoms with Crippen molar-refractivity contribution < 1.29 is 19.1 Å². The van der Waals surface area contributed by atoms with Gasteiger partial charge in [-0.1, -0.05) is 35.3 Å². The molecule has 1 aliphatic heterocycles. The molecule has 3 amide bonds. The van der Waals surface area contributed by atoms with E-state index in [9.17, 15) is 14.4 Å². The number of imide groups is 1. The maximum absolute atomic E-state index is 13.1. The number of nitrogens with zero attached hydrogens (tertiary/aromatic N) is 2. The lowest BCUT2D eigenvalue weighted by Crippen LogP contribution is -2.33. The normalized spacial score (nSPS) is 12.5. The SMILES string of the molecule is Cc1cc(OCCN2C(=O)c3ccccc3C2=O)cc(C)c1NC(=O)c1cc(-c2cc(Cl)ccc2Cl)ccn1. The number of aryl methyl sites for hydroxylation is 2. The molecule has 1 aromatic heterocycles. The fraction of sp³-hybridized carbons (Fsp3) is 0.133. The molecule has 0 radical (unpaired) electrons. The molecule has 1 N–H and O–H groups in total. The molecule has 0 fully saturated rings. The molecule has 9 heteroatoms. The van der Waals surface area contributed by atoms with Crippen molar-refractivity contribution >= 4 is 46.6 Å². The van der Waals surface area contributed by atoms with E-state index in [0.29, 0.717) is 38.2 Å². The summed E-state index contributed by atoms with van der Waals surface area (Å²) < 4.78 is 5.86. The number of nitrogens with one attached hydrogen (secondary N) is 1. The van der Waals surface area contributed by atoms with Crippen molar-refractivity contribution in [2.45, 2.75) is 13.8 Å². The summed E-state index contributed by atoms with van der Waals surface area (Å²) in [6.45, 7) is 3.98. The Morgan fingerprint density at radius 3 is 2.23 bits per heavy atom. The molecule has 1 aliphatic rings. The molecule has 3 aromatic carbocycles. The van der Waals surface area contributed by atoms with Crippen LogP contribution in [0.15, 0.2) is 72.9 Å². The predicted molar refractivity (Wildman–Crippen MR) is 151 cm³/mol. The van der Waals surface area contributed by atoms with Crippen LogP contribution in [0, 0.1) is 13.8 Å². The van der Waals surface area contributed by atoms with Gasteiger partial charge in [-0.2, -0.15) is 0 Å². The molecule has 0 atom stereocenters. The van der Waals surface area contributed by atoms with Crippen LogP contribution >= 0.6 is 23.2 Å². The number of hydrogen-bond donors (Lipinski definition) is 1. The monoisotopic (exact) mass is 559 g/mol. The van der Waals surface area contributed by atoms with Gasteiger partial charge in [-0.15, -0.1) is 0 Å². The third-order valence-corrected chi connectivity index (χ3v) is 7.00. The maximum Gasteiger partial charge on any atom is 0.274 e. The van der Waals surface area contributed by atoms with Gasteiger partial charge < -0.3 is 10.1 Å². The van der Waals surface area contributed by atoms with E-state index >= 15 is 0 Å². The highest BCUT2D eigenvalue weighted by molar-refractivity contribution is 6.35. The van der Waals surface area contributed by atoms with Crippen LogP contribution in [0.1, 0.15) is 42.3 Å². The number of benzene rings is 3.